The van der Waals surface area contributed by atoms with Crippen molar-refractivity contribution >= 4 is 11.3 Å². The molecule has 1 N–H and O–H groups in total. The molecular formula is C13H21N3S. The third-order valence-corrected chi connectivity index (χ3v) is 5.63. The van der Waals surface area contributed by atoms with Crippen molar-refractivity contribution in [3.05, 3.63) is 10.0 Å². The molecule has 2 aliphatic carbocycles. The van der Waals surface area contributed by atoms with Gasteiger partial charge < -0.3 is 5.32 Å². The fourth-order valence-corrected chi connectivity index (χ4v) is 4.59. The van der Waals surface area contributed by atoms with Gasteiger partial charge in [-0.1, -0.05) is 24.7 Å². The summed E-state index contributed by atoms with van der Waals surface area (Å²) in [5.41, 5.74) is 0. The van der Waals surface area contributed by atoms with Crippen LogP contribution in [0, 0.1) is 11.8 Å². The fourth-order valence-electron chi connectivity index (χ4n) is 3.51. The first-order chi connectivity index (χ1) is 8.28. The Bertz CT molecular complexity index is 390. The van der Waals surface area contributed by atoms with Crippen LogP contribution in [0.15, 0.2) is 0 Å². The van der Waals surface area contributed by atoms with Crippen LogP contribution in [0.5, 0.6) is 0 Å². The second-order valence-corrected chi connectivity index (χ2v) is 6.58. The van der Waals surface area contributed by atoms with E-state index in [0.717, 1.165) is 29.3 Å². The maximum atomic E-state index is 4.45. The van der Waals surface area contributed by atoms with E-state index in [1.807, 2.05) is 11.3 Å². The molecule has 0 saturated heterocycles. The molecule has 2 bridgehead atoms. The smallest absolute Gasteiger partial charge is 0.134 e. The molecule has 94 valence electrons. The van der Waals surface area contributed by atoms with E-state index in [-0.39, 0.29) is 0 Å². The SMILES string of the molecule is CCNC(C)c1nnc(C2CC3CCC2C3)s1. The van der Waals surface area contributed by atoms with E-state index in [4.69, 9.17) is 0 Å². The molecular weight excluding hydrogens is 230 g/mol. The highest BCUT2D eigenvalue weighted by atomic mass is 32.1. The van der Waals surface area contributed by atoms with E-state index in [0.29, 0.717) is 6.04 Å². The molecule has 17 heavy (non-hydrogen) atoms. The average Bonchev–Trinajstić information content (AvgIpc) is 3.05. The van der Waals surface area contributed by atoms with Gasteiger partial charge in [0.2, 0.25) is 0 Å². The first kappa shape index (κ1) is 11.6. The Morgan fingerprint density at radius 1 is 1.35 bits per heavy atom. The molecule has 2 aliphatic rings. The molecule has 1 aromatic rings. The molecule has 4 atom stereocenters. The summed E-state index contributed by atoms with van der Waals surface area (Å²) in [4.78, 5) is 0. The van der Waals surface area contributed by atoms with E-state index >= 15 is 0 Å². The number of rotatable bonds is 4. The third kappa shape index (κ3) is 2.13. The van der Waals surface area contributed by atoms with Gasteiger partial charge in [0.25, 0.3) is 0 Å². The fraction of sp³-hybridized carbons (Fsp3) is 0.846. The van der Waals surface area contributed by atoms with E-state index in [1.165, 1.54) is 30.7 Å². The van der Waals surface area contributed by atoms with Gasteiger partial charge in [-0.05, 0) is 44.6 Å². The Kier molecular flexibility index (Phi) is 3.17. The second kappa shape index (κ2) is 4.65. The van der Waals surface area contributed by atoms with Crippen LogP contribution in [0.25, 0.3) is 0 Å². The van der Waals surface area contributed by atoms with Gasteiger partial charge in [0.15, 0.2) is 0 Å². The Hall–Kier alpha value is -0.480. The lowest BCUT2D eigenvalue weighted by Gasteiger charge is -2.18. The van der Waals surface area contributed by atoms with E-state index in [9.17, 15) is 0 Å². The predicted octanol–water partition coefficient (Wildman–Crippen LogP) is 3.11. The third-order valence-electron chi connectivity index (χ3n) is 4.39. The largest absolute Gasteiger partial charge is 0.308 e. The summed E-state index contributed by atoms with van der Waals surface area (Å²) >= 11 is 1.83. The zero-order valence-corrected chi connectivity index (χ0v) is 11.5. The van der Waals surface area contributed by atoms with Crippen LogP contribution in [-0.4, -0.2) is 16.7 Å². The van der Waals surface area contributed by atoms with Crippen molar-refractivity contribution < 1.29 is 0 Å². The van der Waals surface area contributed by atoms with Gasteiger partial charge in [0, 0.05) is 5.92 Å². The van der Waals surface area contributed by atoms with Gasteiger partial charge in [-0.15, -0.1) is 10.2 Å². The van der Waals surface area contributed by atoms with Gasteiger partial charge in [-0.3, -0.25) is 0 Å². The van der Waals surface area contributed by atoms with Crippen molar-refractivity contribution in [2.24, 2.45) is 11.8 Å². The number of nitrogens with one attached hydrogen (secondary N) is 1. The monoisotopic (exact) mass is 251 g/mol. The van der Waals surface area contributed by atoms with Crippen molar-refractivity contribution in [3.8, 4) is 0 Å². The Balaban J connectivity index is 1.72. The number of nitrogens with zero attached hydrogens (tertiary/aromatic N) is 2. The predicted molar refractivity (Wildman–Crippen MR) is 70.2 cm³/mol. The van der Waals surface area contributed by atoms with Crippen LogP contribution < -0.4 is 5.32 Å². The van der Waals surface area contributed by atoms with Crippen LogP contribution in [0.3, 0.4) is 0 Å². The number of fused-ring (bicyclic) bond motifs is 2. The number of hydrogen-bond acceptors (Lipinski definition) is 4. The molecule has 0 aromatic carbocycles. The van der Waals surface area contributed by atoms with Crippen LogP contribution in [0.1, 0.15) is 61.5 Å². The standard InChI is InChI=1S/C13H21N3S/c1-3-14-8(2)12-15-16-13(17-12)11-7-9-4-5-10(11)6-9/h8-11,14H,3-7H2,1-2H3. The molecule has 4 unspecified atom stereocenters. The van der Waals surface area contributed by atoms with Gasteiger partial charge in [0.1, 0.15) is 10.0 Å². The zero-order valence-electron chi connectivity index (χ0n) is 10.6. The van der Waals surface area contributed by atoms with Gasteiger partial charge in [-0.2, -0.15) is 0 Å². The van der Waals surface area contributed by atoms with Gasteiger partial charge in [0.05, 0.1) is 6.04 Å². The number of aromatic nitrogens is 2. The average molecular weight is 251 g/mol. The van der Waals surface area contributed by atoms with Crippen LogP contribution in [0.2, 0.25) is 0 Å². The van der Waals surface area contributed by atoms with Crippen LogP contribution in [-0.2, 0) is 0 Å². The summed E-state index contributed by atoms with van der Waals surface area (Å²) < 4.78 is 0. The maximum absolute atomic E-state index is 4.45. The van der Waals surface area contributed by atoms with Crippen LogP contribution in [0.4, 0.5) is 0 Å². The minimum Gasteiger partial charge on any atom is -0.308 e. The Labute approximate surface area is 107 Å². The Morgan fingerprint density at radius 3 is 2.88 bits per heavy atom. The van der Waals surface area contributed by atoms with Crippen molar-refractivity contribution in [2.75, 3.05) is 6.54 Å². The summed E-state index contributed by atoms with van der Waals surface area (Å²) in [6.45, 7) is 5.30. The number of hydrogen-bond donors (Lipinski definition) is 1. The van der Waals surface area contributed by atoms with Crippen molar-refractivity contribution in [1.29, 1.82) is 0 Å². The van der Waals surface area contributed by atoms with Crippen molar-refractivity contribution in [1.82, 2.24) is 15.5 Å². The highest BCUT2D eigenvalue weighted by molar-refractivity contribution is 7.11. The topological polar surface area (TPSA) is 37.8 Å². The molecule has 3 nitrogen and oxygen atoms in total. The van der Waals surface area contributed by atoms with E-state index < -0.39 is 0 Å². The molecule has 1 aromatic heterocycles. The summed E-state index contributed by atoms with van der Waals surface area (Å²) in [6, 6.07) is 0.352. The lowest BCUT2D eigenvalue weighted by molar-refractivity contribution is 0.417. The molecule has 2 fully saturated rings. The molecule has 0 radical (unpaired) electrons. The summed E-state index contributed by atoms with van der Waals surface area (Å²) in [7, 11) is 0. The molecule has 0 spiro atoms. The van der Waals surface area contributed by atoms with Gasteiger partial charge >= 0.3 is 0 Å². The van der Waals surface area contributed by atoms with E-state index in [1.54, 1.807) is 0 Å². The second-order valence-electron chi connectivity index (χ2n) is 5.54. The first-order valence-corrected chi connectivity index (χ1v) is 7.66. The lowest BCUT2D eigenvalue weighted by atomic mass is 9.89. The van der Waals surface area contributed by atoms with E-state index in [2.05, 4.69) is 29.4 Å². The summed E-state index contributed by atoms with van der Waals surface area (Å²) in [5.74, 6) is 2.63. The molecule has 4 heteroatoms. The Morgan fingerprint density at radius 2 is 2.24 bits per heavy atom. The molecule has 1 heterocycles. The molecule has 0 aliphatic heterocycles. The zero-order chi connectivity index (χ0) is 11.8. The van der Waals surface area contributed by atoms with Crippen molar-refractivity contribution in [2.45, 2.75) is 51.5 Å². The van der Waals surface area contributed by atoms with Crippen molar-refractivity contribution in [3.63, 3.8) is 0 Å². The minimum absolute atomic E-state index is 0.352. The quantitative estimate of drug-likeness (QED) is 0.893. The molecule has 0 amide bonds. The maximum Gasteiger partial charge on any atom is 0.134 e. The summed E-state index contributed by atoms with van der Waals surface area (Å²) in [6.07, 6.45) is 5.70. The minimum atomic E-state index is 0.352. The highest BCUT2D eigenvalue weighted by Crippen LogP contribution is 2.53. The van der Waals surface area contributed by atoms with Crippen LogP contribution >= 0.6 is 11.3 Å². The normalized spacial score (nSPS) is 33.2. The lowest BCUT2D eigenvalue weighted by Crippen LogP contribution is -2.17. The molecule has 3 rings (SSSR count). The summed E-state index contributed by atoms with van der Waals surface area (Å²) in [5, 5.41) is 14.7. The molecule has 2 saturated carbocycles. The highest BCUT2D eigenvalue weighted by Gasteiger charge is 2.41. The van der Waals surface area contributed by atoms with Gasteiger partial charge in [-0.25, -0.2) is 0 Å². The first-order valence-electron chi connectivity index (χ1n) is 6.84.